The van der Waals surface area contributed by atoms with Crippen molar-refractivity contribution >= 4 is 5.91 Å². The molecule has 1 amide bonds. The summed E-state index contributed by atoms with van der Waals surface area (Å²) in [6.45, 7) is 4.21. The van der Waals surface area contributed by atoms with Gasteiger partial charge in [0.05, 0.1) is 12.1 Å². The van der Waals surface area contributed by atoms with E-state index in [9.17, 15) is 18.0 Å². The van der Waals surface area contributed by atoms with Gasteiger partial charge in [-0.05, 0) is 26.0 Å². The number of halogens is 3. The van der Waals surface area contributed by atoms with E-state index in [1.165, 1.54) is 4.90 Å². The third kappa shape index (κ3) is 7.55. The lowest BCUT2D eigenvalue weighted by Crippen LogP contribution is -2.39. The molecule has 0 fully saturated rings. The molecular formula is C17H24F3N3O2. The Labute approximate surface area is 146 Å². The van der Waals surface area contributed by atoms with Gasteiger partial charge in [-0.25, -0.2) is 4.98 Å². The lowest BCUT2D eigenvalue weighted by molar-refractivity contribution is -0.137. The van der Waals surface area contributed by atoms with E-state index in [-0.39, 0.29) is 18.3 Å². The molecule has 0 bridgehead atoms. The van der Waals surface area contributed by atoms with Crippen LogP contribution in [0.2, 0.25) is 0 Å². The number of amides is 1. The van der Waals surface area contributed by atoms with Crippen molar-refractivity contribution < 1.29 is 22.7 Å². The maximum atomic E-state index is 12.8. The van der Waals surface area contributed by atoms with Gasteiger partial charge < -0.3 is 9.64 Å². The summed E-state index contributed by atoms with van der Waals surface area (Å²) in [5, 5.41) is 0. The molecule has 1 aromatic rings. The molecule has 0 aliphatic heterocycles. The number of aromatic nitrogens is 1. The van der Waals surface area contributed by atoms with Crippen LogP contribution < -0.4 is 4.74 Å². The van der Waals surface area contributed by atoms with E-state index >= 15 is 0 Å². The molecule has 0 spiro atoms. The first-order chi connectivity index (χ1) is 11.6. The fourth-order valence-corrected chi connectivity index (χ4v) is 2.10. The average molecular weight is 359 g/mol. The SMILES string of the molecule is C=CCC[C@H](CN(C)CC(=O)N(C)C)Oc1cc(C(F)(F)F)ccn1. The van der Waals surface area contributed by atoms with E-state index < -0.39 is 17.8 Å². The molecule has 0 N–H and O–H groups in total. The Kier molecular flexibility index (Phi) is 7.89. The van der Waals surface area contributed by atoms with Gasteiger partial charge in [-0.2, -0.15) is 13.2 Å². The maximum Gasteiger partial charge on any atom is 0.416 e. The van der Waals surface area contributed by atoms with Crippen LogP contribution in [0.5, 0.6) is 5.88 Å². The highest BCUT2D eigenvalue weighted by atomic mass is 19.4. The number of allylic oxidation sites excluding steroid dienone is 1. The minimum absolute atomic E-state index is 0.0674. The molecule has 1 atom stereocenters. The summed E-state index contributed by atoms with van der Waals surface area (Å²) in [4.78, 5) is 18.9. The van der Waals surface area contributed by atoms with Gasteiger partial charge in [0.1, 0.15) is 6.10 Å². The van der Waals surface area contributed by atoms with Crippen molar-refractivity contribution in [3.05, 3.63) is 36.5 Å². The van der Waals surface area contributed by atoms with Gasteiger partial charge in [-0.1, -0.05) is 6.08 Å². The van der Waals surface area contributed by atoms with Crippen LogP contribution in [0.25, 0.3) is 0 Å². The first-order valence-corrected chi connectivity index (χ1v) is 7.83. The molecular weight excluding hydrogens is 335 g/mol. The van der Waals surface area contributed by atoms with Gasteiger partial charge in [0, 0.05) is 32.9 Å². The molecule has 0 saturated heterocycles. The normalized spacial score (nSPS) is 12.8. The number of pyridine rings is 1. The summed E-state index contributed by atoms with van der Waals surface area (Å²) in [5.41, 5.74) is -0.809. The number of ether oxygens (including phenoxy) is 1. The monoisotopic (exact) mass is 359 g/mol. The van der Waals surface area contributed by atoms with Crippen LogP contribution >= 0.6 is 0 Å². The Morgan fingerprint density at radius 1 is 1.40 bits per heavy atom. The molecule has 0 aliphatic rings. The van der Waals surface area contributed by atoms with Crippen molar-refractivity contribution in [3.8, 4) is 5.88 Å². The van der Waals surface area contributed by atoms with E-state index in [0.717, 1.165) is 18.3 Å². The van der Waals surface area contributed by atoms with Crippen molar-refractivity contribution in [3.63, 3.8) is 0 Å². The van der Waals surface area contributed by atoms with Gasteiger partial charge in [-0.15, -0.1) is 6.58 Å². The van der Waals surface area contributed by atoms with Crippen LogP contribution in [0.1, 0.15) is 18.4 Å². The number of likely N-dealkylation sites (N-methyl/N-ethyl adjacent to an activating group) is 2. The standard InChI is InChI=1S/C17H24F3N3O2/c1-5-6-7-14(11-23(4)12-16(24)22(2)3)25-15-10-13(8-9-21-15)17(18,19)20/h5,8-10,14H,1,6-7,11-12H2,2-4H3/t14-/m1/s1. The molecule has 25 heavy (non-hydrogen) atoms. The van der Waals surface area contributed by atoms with E-state index in [1.54, 1.807) is 32.1 Å². The molecule has 0 aliphatic carbocycles. The molecule has 0 saturated carbocycles. The summed E-state index contributed by atoms with van der Waals surface area (Å²) in [6, 6.07) is 1.78. The first kappa shape index (κ1) is 21.0. The van der Waals surface area contributed by atoms with Crippen LogP contribution in [0.4, 0.5) is 13.2 Å². The minimum Gasteiger partial charge on any atom is -0.473 e. The summed E-state index contributed by atoms with van der Waals surface area (Å²) < 4.78 is 44.0. The zero-order valence-corrected chi connectivity index (χ0v) is 14.7. The molecule has 8 heteroatoms. The zero-order chi connectivity index (χ0) is 19.0. The van der Waals surface area contributed by atoms with Crippen molar-refractivity contribution in [2.24, 2.45) is 0 Å². The van der Waals surface area contributed by atoms with Crippen LogP contribution in [0.3, 0.4) is 0 Å². The van der Waals surface area contributed by atoms with E-state index in [4.69, 9.17) is 4.74 Å². The number of carbonyl (C=O) groups excluding carboxylic acids is 1. The van der Waals surface area contributed by atoms with Crippen molar-refractivity contribution in [2.45, 2.75) is 25.1 Å². The number of nitrogens with zero attached hydrogens (tertiary/aromatic N) is 3. The largest absolute Gasteiger partial charge is 0.473 e. The second-order valence-corrected chi connectivity index (χ2v) is 5.97. The molecule has 1 heterocycles. The quantitative estimate of drug-likeness (QED) is 0.636. The van der Waals surface area contributed by atoms with Gasteiger partial charge in [0.25, 0.3) is 0 Å². The summed E-state index contributed by atoms with van der Waals surface area (Å²) in [7, 11) is 5.08. The minimum atomic E-state index is -4.45. The van der Waals surface area contributed by atoms with E-state index in [0.29, 0.717) is 19.4 Å². The Morgan fingerprint density at radius 2 is 2.08 bits per heavy atom. The smallest absolute Gasteiger partial charge is 0.416 e. The Balaban J connectivity index is 2.79. The van der Waals surface area contributed by atoms with Crippen LogP contribution in [0, 0.1) is 0 Å². The molecule has 0 unspecified atom stereocenters. The summed E-state index contributed by atoms with van der Waals surface area (Å²) in [5.74, 6) is -0.154. The lowest BCUT2D eigenvalue weighted by Gasteiger charge is -2.25. The second kappa shape index (κ2) is 9.41. The Bertz CT molecular complexity index is 577. The fraction of sp³-hybridized carbons (Fsp3) is 0.529. The van der Waals surface area contributed by atoms with Gasteiger partial charge in [0.2, 0.25) is 11.8 Å². The van der Waals surface area contributed by atoms with E-state index in [2.05, 4.69) is 11.6 Å². The third-order valence-corrected chi connectivity index (χ3v) is 3.46. The topological polar surface area (TPSA) is 45.7 Å². The highest BCUT2D eigenvalue weighted by molar-refractivity contribution is 5.77. The molecule has 0 aromatic carbocycles. The summed E-state index contributed by atoms with van der Waals surface area (Å²) >= 11 is 0. The predicted molar refractivity (Wildman–Crippen MR) is 89.3 cm³/mol. The zero-order valence-electron chi connectivity index (χ0n) is 14.7. The van der Waals surface area contributed by atoms with E-state index in [1.807, 2.05) is 0 Å². The predicted octanol–water partition coefficient (Wildman–Crippen LogP) is 2.83. The molecule has 1 rings (SSSR count). The molecule has 1 aromatic heterocycles. The Hall–Kier alpha value is -2.09. The molecule has 0 radical (unpaired) electrons. The number of hydrogen-bond donors (Lipinski definition) is 0. The fourth-order valence-electron chi connectivity index (χ4n) is 2.10. The van der Waals surface area contributed by atoms with Gasteiger partial charge >= 0.3 is 6.18 Å². The van der Waals surface area contributed by atoms with Crippen molar-refractivity contribution in [1.29, 1.82) is 0 Å². The number of carbonyl (C=O) groups is 1. The van der Waals surface area contributed by atoms with Crippen LogP contribution in [-0.2, 0) is 11.0 Å². The highest BCUT2D eigenvalue weighted by Crippen LogP contribution is 2.30. The van der Waals surface area contributed by atoms with Gasteiger partial charge in [0.15, 0.2) is 0 Å². The Morgan fingerprint density at radius 3 is 2.64 bits per heavy atom. The second-order valence-electron chi connectivity index (χ2n) is 5.97. The first-order valence-electron chi connectivity index (χ1n) is 7.83. The van der Waals surface area contributed by atoms with Crippen molar-refractivity contribution in [1.82, 2.24) is 14.8 Å². The number of rotatable bonds is 9. The number of hydrogen-bond acceptors (Lipinski definition) is 4. The lowest BCUT2D eigenvalue weighted by atomic mass is 10.2. The summed E-state index contributed by atoms with van der Waals surface area (Å²) in [6.07, 6.45) is -0.884. The average Bonchev–Trinajstić information content (AvgIpc) is 2.51. The van der Waals surface area contributed by atoms with Crippen LogP contribution in [0.15, 0.2) is 31.0 Å². The molecule has 140 valence electrons. The van der Waals surface area contributed by atoms with Crippen LogP contribution in [-0.4, -0.2) is 61.0 Å². The maximum absolute atomic E-state index is 12.8. The van der Waals surface area contributed by atoms with Crippen molar-refractivity contribution in [2.75, 3.05) is 34.2 Å². The number of alkyl halides is 3. The highest BCUT2D eigenvalue weighted by Gasteiger charge is 2.31. The molecule has 5 nitrogen and oxygen atoms in total. The third-order valence-electron chi connectivity index (χ3n) is 3.46. The van der Waals surface area contributed by atoms with Gasteiger partial charge in [-0.3, -0.25) is 9.69 Å².